The Morgan fingerprint density at radius 1 is 1.25 bits per heavy atom. The third-order valence-electron chi connectivity index (χ3n) is 2.41. The lowest BCUT2D eigenvalue weighted by Gasteiger charge is -2.17. The van der Waals surface area contributed by atoms with Gasteiger partial charge in [0.2, 0.25) is 0 Å². The summed E-state index contributed by atoms with van der Waals surface area (Å²) in [5.74, 6) is -7.90. The number of fused-ring (bicyclic) bond motifs is 1. The standard InChI is InChI=1S/C11H7F5N2OS/c1-5-2-3-6-7(4-5)20-9(17-6)18-8(19)10(12,13)11(14,15)16/h2-4H,1H3,(H,17,18,19). The minimum atomic E-state index is -5.94. The molecule has 3 nitrogen and oxygen atoms in total. The van der Waals surface area contributed by atoms with Crippen LogP contribution in [0.3, 0.4) is 0 Å². The van der Waals surface area contributed by atoms with Gasteiger partial charge in [-0.05, 0) is 24.6 Å². The second kappa shape index (κ2) is 4.65. The molecule has 0 radical (unpaired) electrons. The van der Waals surface area contributed by atoms with Crippen molar-refractivity contribution in [3.8, 4) is 0 Å². The first-order valence-corrected chi connectivity index (χ1v) is 6.06. The van der Waals surface area contributed by atoms with E-state index in [0.717, 1.165) is 16.9 Å². The predicted octanol–water partition coefficient (Wildman–Crippen LogP) is 3.74. The summed E-state index contributed by atoms with van der Waals surface area (Å²) < 4.78 is 62.2. The Hall–Kier alpha value is -1.77. The first kappa shape index (κ1) is 14.6. The molecule has 1 aromatic heterocycles. The Morgan fingerprint density at radius 3 is 2.50 bits per heavy atom. The normalized spacial score (nSPS) is 12.7. The average molecular weight is 310 g/mol. The first-order chi connectivity index (χ1) is 9.11. The average Bonchev–Trinajstić information content (AvgIpc) is 2.68. The second-order valence-corrected chi connectivity index (χ2v) is 5.05. The van der Waals surface area contributed by atoms with Crippen molar-refractivity contribution in [2.75, 3.05) is 5.32 Å². The van der Waals surface area contributed by atoms with Gasteiger partial charge in [-0.2, -0.15) is 22.0 Å². The molecule has 1 aromatic carbocycles. The maximum absolute atomic E-state index is 12.8. The molecule has 0 aliphatic carbocycles. The van der Waals surface area contributed by atoms with Gasteiger partial charge in [0.05, 0.1) is 10.2 Å². The van der Waals surface area contributed by atoms with Gasteiger partial charge in [-0.3, -0.25) is 10.1 Å². The molecule has 0 spiro atoms. The summed E-state index contributed by atoms with van der Waals surface area (Å²) >= 11 is 0.823. The Balaban J connectivity index is 2.26. The number of carbonyl (C=O) groups excluding carboxylic acids is 1. The van der Waals surface area contributed by atoms with Crippen LogP contribution < -0.4 is 5.32 Å². The van der Waals surface area contributed by atoms with Crippen molar-refractivity contribution in [1.82, 2.24) is 4.98 Å². The van der Waals surface area contributed by atoms with Crippen molar-refractivity contribution in [3.05, 3.63) is 23.8 Å². The van der Waals surface area contributed by atoms with Gasteiger partial charge in [0, 0.05) is 0 Å². The molecule has 0 unspecified atom stereocenters. The Morgan fingerprint density at radius 2 is 1.90 bits per heavy atom. The molecule has 1 N–H and O–H groups in total. The molecule has 2 rings (SSSR count). The van der Waals surface area contributed by atoms with Gasteiger partial charge in [-0.25, -0.2) is 4.98 Å². The fourth-order valence-electron chi connectivity index (χ4n) is 1.39. The second-order valence-electron chi connectivity index (χ2n) is 4.02. The van der Waals surface area contributed by atoms with Gasteiger partial charge >= 0.3 is 18.0 Å². The molecule has 20 heavy (non-hydrogen) atoms. The minimum Gasteiger partial charge on any atom is -0.296 e. The zero-order valence-electron chi connectivity index (χ0n) is 9.89. The molecule has 2 aromatic rings. The van der Waals surface area contributed by atoms with Crippen molar-refractivity contribution in [1.29, 1.82) is 0 Å². The molecule has 0 aliphatic rings. The number of nitrogens with zero attached hydrogens (tertiary/aromatic N) is 1. The molecule has 0 bridgehead atoms. The van der Waals surface area contributed by atoms with E-state index < -0.39 is 18.0 Å². The number of aromatic nitrogens is 1. The van der Waals surface area contributed by atoms with Crippen molar-refractivity contribution in [3.63, 3.8) is 0 Å². The summed E-state index contributed by atoms with van der Waals surface area (Å²) in [6, 6.07) is 4.97. The number of benzene rings is 1. The maximum Gasteiger partial charge on any atom is 0.463 e. The zero-order chi connectivity index (χ0) is 15.1. The highest BCUT2D eigenvalue weighted by Crippen LogP contribution is 2.37. The van der Waals surface area contributed by atoms with E-state index in [9.17, 15) is 26.7 Å². The summed E-state index contributed by atoms with van der Waals surface area (Å²) in [6.45, 7) is 1.79. The molecule has 9 heteroatoms. The van der Waals surface area contributed by atoms with Crippen LogP contribution in [0.15, 0.2) is 18.2 Å². The number of anilines is 1. The van der Waals surface area contributed by atoms with Gasteiger partial charge in [-0.1, -0.05) is 17.4 Å². The highest BCUT2D eigenvalue weighted by Gasteiger charge is 2.63. The van der Waals surface area contributed by atoms with E-state index in [-0.39, 0.29) is 5.13 Å². The van der Waals surface area contributed by atoms with Crippen LogP contribution in [-0.2, 0) is 4.79 Å². The smallest absolute Gasteiger partial charge is 0.296 e. The summed E-state index contributed by atoms with van der Waals surface area (Å²) in [6.07, 6.45) is -5.94. The number of aryl methyl sites for hydroxylation is 1. The Bertz CT molecular complexity index is 664. The lowest BCUT2D eigenvalue weighted by atomic mass is 10.2. The third kappa shape index (κ3) is 2.58. The lowest BCUT2D eigenvalue weighted by molar-refractivity contribution is -0.267. The Labute approximate surface area is 113 Å². The number of hydrogen-bond donors (Lipinski definition) is 1. The number of thiazole rings is 1. The van der Waals surface area contributed by atoms with Gasteiger partial charge in [0.15, 0.2) is 5.13 Å². The van der Waals surface area contributed by atoms with E-state index in [0.29, 0.717) is 10.2 Å². The topological polar surface area (TPSA) is 42.0 Å². The van der Waals surface area contributed by atoms with Gasteiger partial charge in [-0.15, -0.1) is 0 Å². The van der Waals surface area contributed by atoms with Gasteiger partial charge in [0.1, 0.15) is 0 Å². The molecule has 108 valence electrons. The van der Waals surface area contributed by atoms with E-state index in [1.807, 2.05) is 0 Å². The highest BCUT2D eigenvalue weighted by atomic mass is 32.1. The molecule has 0 saturated heterocycles. The van der Waals surface area contributed by atoms with Crippen LogP contribution >= 0.6 is 11.3 Å². The fourth-order valence-corrected chi connectivity index (χ4v) is 2.35. The van der Waals surface area contributed by atoms with Crippen LogP contribution in [0.5, 0.6) is 0 Å². The number of halogens is 5. The number of carbonyl (C=O) groups is 1. The predicted molar refractivity (Wildman–Crippen MR) is 64.0 cm³/mol. The monoisotopic (exact) mass is 310 g/mol. The molecule has 0 fully saturated rings. The van der Waals surface area contributed by atoms with Gasteiger partial charge in [0.25, 0.3) is 0 Å². The van der Waals surface area contributed by atoms with Crippen molar-refractivity contribution >= 4 is 32.6 Å². The van der Waals surface area contributed by atoms with E-state index >= 15 is 0 Å². The summed E-state index contributed by atoms with van der Waals surface area (Å²) in [4.78, 5) is 14.8. The van der Waals surface area contributed by atoms with Crippen LogP contribution in [0.1, 0.15) is 5.56 Å². The van der Waals surface area contributed by atoms with Crippen molar-refractivity contribution in [2.45, 2.75) is 19.0 Å². The fraction of sp³-hybridized carbons (Fsp3) is 0.273. The number of amides is 1. The molecule has 1 amide bonds. The minimum absolute atomic E-state index is 0.306. The SMILES string of the molecule is Cc1ccc2nc(NC(=O)C(F)(F)C(F)(F)F)sc2c1. The molecule has 0 atom stereocenters. The van der Waals surface area contributed by atoms with Crippen LogP contribution in [0, 0.1) is 6.92 Å². The largest absolute Gasteiger partial charge is 0.463 e. The van der Waals surface area contributed by atoms with E-state index in [1.165, 1.54) is 5.32 Å². The first-order valence-electron chi connectivity index (χ1n) is 5.24. The number of hydrogen-bond acceptors (Lipinski definition) is 3. The molecular formula is C11H7F5N2OS. The quantitative estimate of drug-likeness (QED) is 0.859. The van der Waals surface area contributed by atoms with Crippen molar-refractivity contribution in [2.24, 2.45) is 0 Å². The summed E-state index contributed by atoms with van der Waals surface area (Å²) in [5.41, 5.74) is 1.28. The number of rotatable bonds is 2. The van der Waals surface area contributed by atoms with Crippen LogP contribution in [-0.4, -0.2) is 23.0 Å². The number of nitrogens with one attached hydrogen (secondary N) is 1. The van der Waals surface area contributed by atoms with Crippen molar-refractivity contribution < 1.29 is 26.7 Å². The maximum atomic E-state index is 12.8. The summed E-state index contributed by atoms with van der Waals surface area (Å²) in [7, 11) is 0. The summed E-state index contributed by atoms with van der Waals surface area (Å²) in [5, 5.41) is 1.19. The van der Waals surface area contributed by atoms with Crippen LogP contribution in [0.2, 0.25) is 0 Å². The zero-order valence-corrected chi connectivity index (χ0v) is 10.7. The van der Waals surface area contributed by atoms with Crippen LogP contribution in [0.4, 0.5) is 27.1 Å². The lowest BCUT2D eigenvalue weighted by Crippen LogP contribution is -2.47. The van der Waals surface area contributed by atoms with E-state index in [1.54, 1.807) is 25.1 Å². The molecule has 0 saturated carbocycles. The number of alkyl halides is 5. The van der Waals surface area contributed by atoms with E-state index in [4.69, 9.17) is 0 Å². The Kier molecular flexibility index (Phi) is 3.41. The molecule has 1 heterocycles. The molecule has 0 aliphatic heterocycles. The van der Waals surface area contributed by atoms with Crippen LogP contribution in [0.25, 0.3) is 10.2 Å². The highest BCUT2D eigenvalue weighted by molar-refractivity contribution is 7.22. The molecular weight excluding hydrogens is 303 g/mol. The third-order valence-corrected chi connectivity index (χ3v) is 3.34. The van der Waals surface area contributed by atoms with E-state index in [2.05, 4.69) is 4.98 Å². The van der Waals surface area contributed by atoms with Gasteiger partial charge < -0.3 is 0 Å².